The summed E-state index contributed by atoms with van der Waals surface area (Å²) in [5.41, 5.74) is 2.41. The minimum atomic E-state index is -0.362. The lowest BCUT2D eigenvalue weighted by molar-refractivity contribution is 0.622. The van der Waals surface area contributed by atoms with Gasteiger partial charge in [-0.2, -0.15) is 0 Å². The maximum absolute atomic E-state index is 13.4. The molecular formula is C15H19FN4. The molecule has 2 aromatic heterocycles. The molecule has 0 fully saturated rings. The van der Waals surface area contributed by atoms with E-state index in [1.807, 2.05) is 0 Å². The van der Waals surface area contributed by atoms with E-state index in [1.54, 1.807) is 6.20 Å². The number of nitrogens with zero attached hydrogens (tertiary/aromatic N) is 3. The van der Waals surface area contributed by atoms with Crippen LogP contribution < -0.4 is 5.32 Å². The van der Waals surface area contributed by atoms with Crippen LogP contribution in [0.4, 0.5) is 10.2 Å². The Labute approximate surface area is 118 Å². The molecule has 0 bridgehead atoms. The molecule has 2 rings (SSSR count). The van der Waals surface area contributed by atoms with Gasteiger partial charge in [0.15, 0.2) is 0 Å². The van der Waals surface area contributed by atoms with Gasteiger partial charge >= 0.3 is 0 Å². The van der Waals surface area contributed by atoms with Crippen molar-refractivity contribution < 1.29 is 4.39 Å². The predicted octanol–water partition coefficient (Wildman–Crippen LogP) is 3.62. The molecule has 0 aliphatic rings. The normalized spacial score (nSPS) is 10.8. The first-order chi connectivity index (χ1) is 9.63. The Hall–Kier alpha value is -2.04. The Morgan fingerprint density at radius 2 is 2.05 bits per heavy atom. The van der Waals surface area contributed by atoms with Crippen LogP contribution in [0.15, 0.2) is 24.8 Å². The van der Waals surface area contributed by atoms with Gasteiger partial charge in [0.05, 0.1) is 11.9 Å². The van der Waals surface area contributed by atoms with Crippen LogP contribution in [-0.2, 0) is 0 Å². The van der Waals surface area contributed by atoms with Crippen molar-refractivity contribution in [3.63, 3.8) is 0 Å². The van der Waals surface area contributed by atoms with Crippen LogP contribution in [0.5, 0.6) is 0 Å². The Bertz CT molecular complexity index is 584. The average Bonchev–Trinajstić information content (AvgIpc) is 2.44. The van der Waals surface area contributed by atoms with E-state index in [4.69, 9.17) is 0 Å². The van der Waals surface area contributed by atoms with Crippen LogP contribution in [0.2, 0.25) is 0 Å². The van der Waals surface area contributed by atoms with Gasteiger partial charge in [-0.1, -0.05) is 20.8 Å². The van der Waals surface area contributed by atoms with E-state index in [0.29, 0.717) is 5.56 Å². The van der Waals surface area contributed by atoms with Gasteiger partial charge in [0.2, 0.25) is 0 Å². The van der Waals surface area contributed by atoms with Crippen molar-refractivity contribution >= 4 is 5.82 Å². The van der Waals surface area contributed by atoms with E-state index in [1.165, 1.54) is 18.6 Å². The van der Waals surface area contributed by atoms with Crippen molar-refractivity contribution in [1.82, 2.24) is 15.0 Å². The predicted molar refractivity (Wildman–Crippen MR) is 78.1 cm³/mol. The second-order valence-corrected chi connectivity index (χ2v) is 4.96. The number of anilines is 1. The number of pyridine rings is 1. The molecule has 20 heavy (non-hydrogen) atoms. The summed E-state index contributed by atoms with van der Waals surface area (Å²) < 4.78 is 13.4. The van der Waals surface area contributed by atoms with E-state index in [0.717, 1.165) is 30.0 Å². The summed E-state index contributed by atoms with van der Waals surface area (Å²) in [7, 11) is 0. The van der Waals surface area contributed by atoms with Crippen LogP contribution in [-0.4, -0.2) is 21.5 Å². The van der Waals surface area contributed by atoms with Crippen molar-refractivity contribution in [2.45, 2.75) is 33.1 Å². The fraction of sp³-hybridized carbons (Fsp3) is 0.400. The molecule has 0 saturated heterocycles. The molecular weight excluding hydrogens is 255 g/mol. The molecule has 0 aliphatic heterocycles. The largest absolute Gasteiger partial charge is 0.370 e. The maximum atomic E-state index is 13.4. The quantitative estimate of drug-likeness (QED) is 0.904. The summed E-state index contributed by atoms with van der Waals surface area (Å²) >= 11 is 0. The highest BCUT2D eigenvalue weighted by Gasteiger charge is 2.16. The minimum Gasteiger partial charge on any atom is -0.370 e. The summed E-state index contributed by atoms with van der Waals surface area (Å²) in [4.78, 5) is 12.5. The monoisotopic (exact) mass is 274 g/mol. The summed E-state index contributed by atoms with van der Waals surface area (Å²) in [6.07, 6.45) is 5.33. The fourth-order valence-corrected chi connectivity index (χ4v) is 2.10. The topological polar surface area (TPSA) is 50.7 Å². The van der Waals surface area contributed by atoms with Gasteiger partial charge in [0.1, 0.15) is 18.0 Å². The van der Waals surface area contributed by atoms with Crippen LogP contribution in [0, 0.1) is 5.82 Å². The minimum absolute atomic E-state index is 0.230. The third-order valence-electron chi connectivity index (χ3n) is 2.98. The number of halogens is 1. The van der Waals surface area contributed by atoms with Gasteiger partial charge in [-0.3, -0.25) is 4.98 Å². The van der Waals surface area contributed by atoms with Crippen molar-refractivity contribution in [3.05, 3.63) is 36.2 Å². The van der Waals surface area contributed by atoms with E-state index in [9.17, 15) is 4.39 Å². The SMILES string of the molecule is CCCNc1ncnc(-c2cncc(F)c2)c1C(C)C. The van der Waals surface area contributed by atoms with E-state index >= 15 is 0 Å². The van der Waals surface area contributed by atoms with Gasteiger partial charge in [-0.25, -0.2) is 14.4 Å². The summed E-state index contributed by atoms with van der Waals surface area (Å²) in [6.45, 7) is 7.09. The highest BCUT2D eigenvalue weighted by Crippen LogP contribution is 2.31. The first kappa shape index (κ1) is 14.4. The van der Waals surface area contributed by atoms with Crippen molar-refractivity contribution in [1.29, 1.82) is 0 Å². The van der Waals surface area contributed by atoms with Crippen LogP contribution in [0.3, 0.4) is 0 Å². The first-order valence-electron chi connectivity index (χ1n) is 6.83. The highest BCUT2D eigenvalue weighted by atomic mass is 19.1. The molecule has 0 aliphatic carbocycles. The van der Waals surface area contributed by atoms with Crippen LogP contribution >= 0.6 is 0 Å². The zero-order valence-corrected chi connectivity index (χ0v) is 12.0. The number of aromatic nitrogens is 3. The zero-order chi connectivity index (χ0) is 14.5. The van der Waals surface area contributed by atoms with Gasteiger partial charge in [-0.05, 0) is 18.4 Å². The maximum Gasteiger partial charge on any atom is 0.142 e. The van der Waals surface area contributed by atoms with Crippen molar-refractivity contribution in [2.24, 2.45) is 0 Å². The molecule has 4 nitrogen and oxygen atoms in total. The standard InChI is InChI=1S/C15H19FN4/c1-4-5-18-15-13(10(2)3)14(19-9-20-15)11-6-12(16)8-17-7-11/h6-10H,4-5H2,1-3H3,(H,18,19,20). The Morgan fingerprint density at radius 3 is 2.70 bits per heavy atom. The highest BCUT2D eigenvalue weighted by molar-refractivity contribution is 5.68. The lowest BCUT2D eigenvalue weighted by Crippen LogP contribution is -2.09. The summed E-state index contributed by atoms with van der Waals surface area (Å²) in [5.74, 6) is 0.684. The molecule has 5 heteroatoms. The number of nitrogens with one attached hydrogen (secondary N) is 1. The van der Waals surface area contributed by atoms with Crippen LogP contribution in [0.25, 0.3) is 11.3 Å². The molecule has 0 spiro atoms. The number of hydrogen-bond acceptors (Lipinski definition) is 4. The summed E-state index contributed by atoms with van der Waals surface area (Å²) in [6, 6.07) is 1.45. The van der Waals surface area contributed by atoms with E-state index < -0.39 is 0 Å². The first-order valence-corrected chi connectivity index (χ1v) is 6.83. The molecule has 2 aromatic rings. The van der Waals surface area contributed by atoms with Crippen LogP contribution in [0.1, 0.15) is 38.7 Å². The van der Waals surface area contributed by atoms with Gasteiger partial charge in [-0.15, -0.1) is 0 Å². The molecule has 106 valence electrons. The fourth-order valence-electron chi connectivity index (χ4n) is 2.10. The smallest absolute Gasteiger partial charge is 0.142 e. The molecule has 2 heterocycles. The Balaban J connectivity index is 2.52. The third kappa shape index (κ3) is 3.10. The van der Waals surface area contributed by atoms with E-state index in [-0.39, 0.29) is 11.7 Å². The molecule has 0 radical (unpaired) electrons. The van der Waals surface area contributed by atoms with Gasteiger partial charge in [0, 0.05) is 23.9 Å². The number of rotatable bonds is 5. The van der Waals surface area contributed by atoms with Crippen molar-refractivity contribution in [3.8, 4) is 11.3 Å². The Kier molecular flexibility index (Phi) is 4.61. The zero-order valence-electron chi connectivity index (χ0n) is 12.0. The molecule has 0 amide bonds. The molecule has 0 atom stereocenters. The number of hydrogen-bond donors (Lipinski definition) is 1. The second kappa shape index (κ2) is 6.41. The molecule has 0 saturated carbocycles. The third-order valence-corrected chi connectivity index (χ3v) is 2.98. The summed E-state index contributed by atoms with van der Waals surface area (Å²) in [5, 5.41) is 3.30. The average molecular weight is 274 g/mol. The molecule has 0 unspecified atom stereocenters. The lowest BCUT2D eigenvalue weighted by atomic mass is 9.98. The molecule has 0 aromatic carbocycles. The Morgan fingerprint density at radius 1 is 1.25 bits per heavy atom. The van der Waals surface area contributed by atoms with Gasteiger partial charge < -0.3 is 5.32 Å². The second-order valence-electron chi connectivity index (χ2n) is 4.96. The van der Waals surface area contributed by atoms with E-state index in [2.05, 4.69) is 41.0 Å². The van der Waals surface area contributed by atoms with Crippen molar-refractivity contribution in [2.75, 3.05) is 11.9 Å². The van der Waals surface area contributed by atoms with Gasteiger partial charge in [0.25, 0.3) is 0 Å². The lowest BCUT2D eigenvalue weighted by Gasteiger charge is -2.16. The molecule has 1 N–H and O–H groups in total.